The summed E-state index contributed by atoms with van der Waals surface area (Å²) in [4.78, 5) is 0. The highest BCUT2D eigenvalue weighted by atomic mass is 16.3. The Morgan fingerprint density at radius 3 is 2.39 bits per heavy atom. The molecule has 1 nitrogen and oxygen atoms in total. The highest BCUT2D eigenvalue weighted by molar-refractivity contribution is 5.41. The second-order valence-electron chi connectivity index (χ2n) is 6.29. The van der Waals surface area contributed by atoms with Crippen LogP contribution in [-0.2, 0) is 0 Å². The van der Waals surface area contributed by atoms with Crippen LogP contribution < -0.4 is 0 Å². The SMILES string of the molecule is CCC1(CC)C(O)C2CC(C)c3ccccc3C21. The van der Waals surface area contributed by atoms with Crippen LogP contribution in [0.5, 0.6) is 0 Å². The minimum absolute atomic E-state index is 0.0895. The van der Waals surface area contributed by atoms with Gasteiger partial charge in [0.15, 0.2) is 0 Å². The number of rotatable bonds is 2. The third kappa shape index (κ3) is 1.31. The highest BCUT2D eigenvalue weighted by Crippen LogP contribution is 2.65. The number of aliphatic hydroxyl groups excluding tert-OH is 1. The van der Waals surface area contributed by atoms with Crippen molar-refractivity contribution in [1.82, 2.24) is 0 Å². The molecule has 18 heavy (non-hydrogen) atoms. The van der Waals surface area contributed by atoms with E-state index in [9.17, 15) is 5.11 Å². The molecule has 0 aromatic heterocycles. The first kappa shape index (κ1) is 12.2. The van der Waals surface area contributed by atoms with Crippen molar-refractivity contribution in [3.05, 3.63) is 35.4 Å². The Morgan fingerprint density at radius 1 is 1.17 bits per heavy atom. The average molecular weight is 244 g/mol. The molecule has 0 bridgehead atoms. The van der Waals surface area contributed by atoms with Crippen molar-refractivity contribution < 1.29 is 5.11 Å². The summed E-state index contributed by atoms with van der Waals surface area (Å²) in [5.41, 5.74) is 3.19. The lowest BCUT2D eigenvalue weighted by Gasteiger charge is -2.62. The van der Waals surface area contributed by atoms with E-state index in [4.69, 9.17) is 0 Å². The Bertz CT molecular complexity index is 447. The van der Waals surface area contributed by atoms with Gasteiger partial charge in [-0.05, 0) is 48.1 Å². The normalized spacial score (nSPS) is 36.4. The number of hydrogen-bond donors (Lipinski definition) is 1. The van der Waals surface area contributed by atoms with Crippen LogP contribution in [0.3, 0.4) is 0 Å². The monoisotopic (exact) mass is 244 g/mol. The predicted octanol–water partition coefficient (Wildman–Crippen LogP) is 4.07. The summed E-state index contributed by atoms with van der Waals surface area (Å²) in [6, 6.07) is 8.91. The molecule has 4 atom stereocenters. The van der Waals surface area contributed by atoms with Crippen molar-refractivity contribution in [2.75, 3.05) is 0 Å². The van der Waals surface area contributed by atoms with E-state index >= 15 is 0 Å². The third-order valence-electron chi connectivity index (χ3n) is 5.85. The summed E-state index contributed by atoms with van der Waals surface area (Å²) in [6.45, 7) is 6.78. The zero-order chi connectivity index (χ0) is 12.9. The van der Waals surface area contributed by atoms with E-state index in [1.165, 1.54) is 11.1 Å². The molecule has 4 unspecified atom stereocenters. The van der Waals surface area contributed by atoms with Gasteiger partial charge in [-0.2, -0.15) is 0 Å². The van der Waals surface area contributed by atoms with Crippen LogP contribution in [0.4, 0.5) is 0 Å². The fourth-order valence-corrected chi connectivity index (χ4v) is 4.79. The number of hydrogen-bond acceptors (Lipinski definition) is 1. The number of aliphatic hydroxyl groups is 1. The number of fused-ring (bicyclic) bond motifs is 3. The van der Waals surface area contributed by atoms with Crippen LogP contribution in [0, 0.1) is 11.3 Å². The van der Waals surface area contributed by atoms with Crippen LogP contribution >= 0.6 is 0 Å². The van der Waals surface area contributed by atoms with Crippen LogP contribution in [0.25, 0.3) is 0 Å². The summed E-state index contributed by atoms with van der Waals surface area (Å²) >= 11 is 0. The topological polar surface area (TPSA) is 20.2 Å². The van der Waals surface area contributed by atoms with Crippen molar-refractivity contribution in [1.29, 1.82) is 0 Å². The summed E-state index contributed by atoms with van der Waals surface area (Å²) in [5.74, 6) is 1.69. The van der Waals surface area contributed by atoms with E-state index in [-0.39, 0.29) is 11.5 Å². The van der Waals surface area contributed by atoms with Crippen LogP contribution in [0.2, 0.25) is 0 Å². The van der Waals surface area contributed by atoms with Crippen LogP contribution in [0.1, 0.15) is 63.0 Å². The largest absolute Gasteiger partial charge is 0.392 e. The molecule has 1 aromatic rings. The van der Waals surface area contributed by atoms with Gasteiger partial charge in [0, 0.05) is 5.41 Å². The van der Waals surface area contributed by atoms with E-state index in [0.29, 0.717) is 17.8 Å². The van der Waals surface area contributed by atoms with Crippen LogP contribution in [0.15, 0.2) is 24.3 Å². The van der Waals surface area contributed by atoms with Crippen molar-refractivity contribution in [2.24, 2.45) is 11.3 Å². The van der Waals surface area contributed by atoms with E-state index < -0.39 is 0 Å². The maximum absolute atomic E-state index is 10.6. The summed E-state index contributed by atoms with van der Waals surface area (Å²) in [7, 11) is 0. The van der Waals surface area contributed by atoms with Gasteiger partial charge in [-0.3, -0.25) is 0 Å². The van der Waals surface area contributed by atoms with Gasteiger partial charge in [0.25, 0.3) is 0 Å². The molecule has 2 aliphatic carbocycles. The first-order valence-electron chi connectivity index (χ1n) is 7.42. The Kier molecular flexibility index (Phi) is 2.78. The fraction of sp³-hybridized carbons (Fsp3) is 0.647. The van der Waals surface area contributed by atoms with Gasteiger partial charge in [-0.25, -0.2) is 0 Å². The predicted molar refractivity (Wildman–Crippen MR) is 74.7 cm³/mol. The average Bonchev–Trinajstić information content (AvgIpc) is 2.41. The molecule has 1 N–H and O–H groups in total. The fourth-order valence-electron chi connectivity index (χ4n) is 4.79. The van der Waals surface area contributed by atoms with E-state index in [1.807, 2.05) is 0 Å². The molecular weight excluding hydrogens is 220 g/mol. The van der Waals surface area contributed by atoms with E-state index in [2.05, 4.69) is 45.0 Å². The second kappa shape index (κ2) is 4.09. The van der Waals surface area contributed by atoms with Crippen molar-refractivity contribution >= 4 is 0 Å². The van der Waals surface area contributed by atoms with Crippen LogP contribution in [-0.4, -0.2) is 11.2 Å². The van der Waals surface area contributed by atoms with E-state index in [1.54, 1.807) is 0 Å². The van der Waals surface area contributed by atoms with Gasteiger partial charge in [0.05, 0.1) is 6.10 Å². The molecule has 0 amide bonds. The Labute approximate surface area is 110 Å². The second-order valence-corrected chi connectivity index (χ2v) is 6.29. The zero-order valence-electron chi connectivity index (χ0n) is 11.7. The first-order chi connectivity index (χ1) is 8.65. The lowest BCUT2D eigenvalue weighted by atomic mass is 9.43. The zero-order valence-corrected chi connectivity index (χ0v) is 11.7. The van der Waals surface area contributed by atoms with Gasteiger partial charge < -0.3 is 5.11 Å². The van der Waals surface area contributed by atoms with Gasteiger partial charge in [0.2, 0.25) is 0 Å². The molecule has 1 fully saturated rings. The van der Waals surface area contributed by atoms with Crippen molar-refractivity contribution in [2.45, 2.75) is 58.0 Å². The molecule has 0 radical (unpaired) electrons. The number of benzene rings is 1. The van der Waals surface area contributed by atoms with Gasteiger partial charge in [-0.1, -0.05) is 45.0 Å². The first-order valence-corrected chi connectivity index (χ1v) is 7.42. The Morgan fingerprint density at radius 2 is 1.78 bits per heavy atom. The molecule has 0 saturated heterocycles. The van der Waals surface area contributed by atoms with Crippen molar-refractivity contribution in [3.63, 3.8) is 0 Å². The van der Waals surface area contributed by atoms with Crippen molar-refractivity contribution in [3.8, 4) is 0 Å². The minimum atomic E-state index is -0.0895. The lowest BCUT2D eigenvalue weighted by molar-refractivity contribution is -0.158. The summed E-state index contributed by atoms with van der Waals surface area (Å²) in [6.07, 6.45) is 3.25. The lowest BCUT2D eigenvalue weighted by Crippen LogP contribution is -2.60. The summed E-state index contributed by atoms with van der Waals surface area (Å²) in [5, 5.41) is 10.6. The maximum Gasteiger partial charge on any atom is 0.0636 e. The molecule has 1 aromatic carbocycles. The quantitative estimate of drug-likeness (QED) is 0.831. The standard InChI is InChI=1S/C17H24O/c1-4-17(5-2)15-13-9-7-6-8-12(13)11(3)10-14(15)16(17)18/h6-9,11,14-16,18H,4-5,10H2,1-3H3. The third-order valence-corrected chi connectivity index (χ3v) is 5.85. The molecule has 0 spiro atoms. The molecular formula is C17H24O. The molecule has 2 aliphatic rings. The van der Waals surface area contributed by atoms with E-state index in [0.717, 1.165) is 19.3 Å². The maximum atomic E-state index is 10.6. The molecule has 1 saturated carbocycles. The minimum Gasteiger partial charge on any atom is -0.392 e. The smallest absolute Gasteiger partial charge is 0.0636 e. The highest BCUT2D eigenvalue weighted by Gasteiger charge is 2.61. The van der Waals surface area contributed by atoms with Gasteiger partial charge in [0.1, 0.15) is 0 Å². The molecule has 98 valence electrons. The molecule has 0 aliphatic heterocycles. The molecule has 3 rings (SSSR count). The van der Waals surface area contributed by atoms with Gasteiger partial charge in [-0.15, -0.1) is 0 Å². The summed E-state index contributed by atoms with van der Waals surface area (Å²) < 4.78 is 0. The molecule has 0 heterocycles. The molecule has 1 heteroatoms. The Balaban J connectivity index is 2.09. The Hall–Kier alpha value is -0.820. The van der Waals surface area contributed by atoms with Gasteiger partial charge >= 0.3 is 0 Å².